The van der Waals surface area contributed by atoms with Crippen LogP contribution in [0.3, 0.4) is 0 Å². The Morgan fingerprint density at radius 2 is 1.00 bits per heavy atom. The van der Waals surface area contributed by atoms with Crippen molar-refractivity contribution < 1.29 is 13.3 Å². The summed E-state index contributed by atoms with van der Waals surface area (Å²) in [4.78, 5) is 0. The van der Waals surface area contributed by atoms with Gasteiger partial charge in [0.25, 0.3) is 0 Å². The van der Waals surface area contributed by atoms with E-state index >= 15 is 0 Å². The predicted octanol–water partition coefficient (Wildman–Crippen LogP) is 6.44. The van der Waals surface area contributed by atoms with Crippen LogP contribution in [0.5, 0.6) is 0 Å². The number of hydrogen-bond donors (Lipinski definition) is 0. The van der Waals surface area contributed by atoms with Gasteiger partial charge < -0.3 is 13.3 Å². The molecule has 0 saturated heterocycles. The van der Waals surface area contributed by atoms with Crippen LogP contribution in [0.15, 0.2) is 12.7 Å². The molecule has 0 heterocycles. The quantitative estimate of drug-likeness (QED) is 0.132. The molecule has 150 valence electrons. The Kier molecular flexibility index (Phi) is 21.7. The summed E-state index contributed by atoms with van der Waals surface area (Å²) in [5.74, 6) is 0. The fraction of sp³-hybridized carbons (Fsp3) is 0.905. The second-order valence-corrected chi connectivity index (χ2v) is 8.32. The van der Waals surface area contributed by atoms with Gasteiger partial charge in [-0.2, -0.15) is 0 Å². The van der Waals surface area contributed by atoms with Crippen molar-refractivity contribution in [2.75, 3.05) is 19.8 Å². The molecule has 0 saturated carbocycles. The van der Waals surface area contributed by atoms with Crippen molar-refractivity contribution in [1.29, 1.82) is 0 Å². The summed E-state index contributed by atoms with van der Waals surface area (Å²) in [5, 5.41) is 0. The molecule has 0 aromatic rings. The van der Waals surface area contributed by atoms with Gasteiger partial charge in [0, 0.05) is 19.8 Å². The first-order valence-electron chi connectivity index (χ1n) is 10.8. The molecule has 0 aromatic heterocycles. The second-order valence-electron chi connectivity index (χ2n) is 6.74. The van der Waals surface area contributed by atoms with E-state index in [1.165, 1.54) is 83.5 Å². The Hall–Kier alpha value is -0.163. The standard InChI is InChI=1S/C21H44O3Si/c1-4-7-8-9-10-11-12-13-14-15-16-17-18-19-20-21-24-25(22-5-2)23-6-3/h4,25H,1,5-21H2,2-3H3. The molecule has 0 amide bonds. The van der Waals surface area contributed by atoms with Gasteiger partial charge in [-0.15, -0.1) is 6.58 Å². The summed E-state index contributed by atoms with van der Waals surface area (Å²) in [5.41, 5.74) is 0. The lowest BCUT2D eigenvalue weighted by molar-refractivity contribution is 0.100. The van der Waals surface area contributed by atoms with Gasteiger partial charge in [-0.3, -0.25) is 0 Å². The minimum absolute atomic E-state index is 0.687. The predicted molar refractivity (Wildman–Crippen MR) is 111 cm³/mol. The summed E-state index contributed by atoms with van der Waals surface area (Å²) in [7, 11) is -1.83. The fourth-order valence-corrected chi connectivity index (χ4v) is 4.12. The number of rotatable bonds is 21. The first kappa shape index (κ1) is 24.8. The molecule has 4 heteroatoms. The van der Waals surface area contributed by atoms with E-state index in [0.717, 1.165) is 13.0 Å². The molecule has 0 N–H and O–H groups in total. The Bertz CT molecular complexity index is 256. The van der Waals surface area contributed by atoms with E-state index in [-0.39, 0.29) is 0 Å². The van der Waals surface area contributed by atoms with Gasteiger partial charge in [0.2, 0.25) is 0 Å². The van der Waals surface area contributed by atoms with Crippen molar-refractivity contribution in [3.63, 3.8) is 0 Å². The van der Waals surface area contributed by atoms with Crippen LogP contribution in [0.25, 0.3) is 0 Å². The zero-order valence-corrected chi connectivity index (χ0v) is 18.3. The van der Waals surface area contributed by atoms with Gasteiger partial charge in [-0.1, -0.05) is 76.7 Å². The van der Waals surface area contributed by atoms with E-state index in [4.69, 9.17) is 13.3 Å². The Balaban J connectivity index is 3.14. The lowest BCUT2D eigenvalue weighted by Gasteiger charge is -2.14. The van der Waals surface area contributed by atoms with Gasteiger partial charge in [-0.25, -0.2) is 0 Å². The molecule has 0 fully saturated rings. The molecule has 0 unspecified atom stereocenters. The minimum atomic E-state index is -1.83. The molecule has 0 radical (unpaired) electrons. The van der Waals surface area contributed by atoms with E-state index in [1.807, 2.05) is 19.9 Å². The van der Waals surface area contributed by atoms with Crippen LogP contribution in [-0.4, -0.2) is 29.3 Å². The summed E-state index contributed by atoms with van der Waals surface area (Å²) in [6.07, 6.45) is 21.0. The molecular weight excluding hydrogens is 328 g/mol. The molecule has 0 spiro atoms. The highest BCUT2D eigenvalue weighted by Gasteiger charge is 2.12. The summed E-state index contributed by atoms with van der Waals surface area (Å²) in [6.45, 7) is 9.92. The normalized spacial score (nSPS) is 11.3. The van der Waals surface area contributed by atoms with Crippen LogP contribution in [0.4, 0.5) is 0 Å². The Labute approximate surface area is 159 Å². The smallest absolute Gasteiger partial charge is 0.376 e. The minimum Gasteiger partial charge on any atom is -0.376 e. The lowest BCUT2D eigenvalue weighted by atomic mass is 10.0. The summed E-state index contributed by atoms with van der Waals surface area (Å²) in [6, 6.07) is 0. The van der Waals surface area contributed by atoms with E-state index in [9.17, 15) is 0 Å². The number of unbranched alkanes of at least 4 members (excludes halogenated alkanes) is 13. The van der Waals surface area contributed by atoms with Crippen molar-refractivity contribution >= 4 is 9.53 Å². The number of allylic oxidation sites excluding steroid dienone is 1. The SMILES string of the molecule is C=CCCCCCCCCCCCCCCCO[SiH](OCC)OCC. The highest BCUT2D eigenvalue weighted by Crippen LogP contribution is 2.13. The monoisotopic (exact) mass is 372 g/mol. The average Bonchev–Trinajstić information content (AvgIpc) is 2.61. The third kappa shape index (κ3) is 20.0. The molecule has 0 aliphatic heterocycles. The van der Waals surface area contributed by atoms with Crippen molar-refractivity contribution in [3.8, 4) is 0 Å². The Morgan fingerprint density at radius 1 is 0.600 bits per heavy atom. The van der Waals surface area contributed by atoms with Crippen molar-refractivity contribution in [3.05, 3.63) is 12.7 Å². The van der Waals surface area contributed by atoms with Crippen LogP contribution in [0.1, 0.15) is 104 Å². The van der Waals surface area contributed by atoms with E-state index in [1.54, 1.807) is 0 Å². The molecule has 0 rings (SSSR count). The summed E-state index contributed by atoms with van der Waals surface area (Å²) >= 11 is 0. The fourth-order valence-electron chi connectivity index (χ4n) is 2.93. The van der Waals surface area contributed by atoms with Crippen LogP contribution < -0.4 is 0 Å². The molecule has 3 nitrogen and oxygen atoms in total. The zero-order valence-electron chi connectivity index (χ0n) is 17.1. The number of hydrogen-bond acceptors (Lipinski definition) is 3. The van der Waals surface area contributed by atoms with Gasteiger partial charge in [-0.05, 0) is 33.1 Å². The molecule has 25 heavy (non-hydrogen) atoms. The van der Waals surface area contributed by atoms with Gasteiger partial charge in [0.1, 0.15) is 0 Å². The first-order chi connectivity index (χ1) is 12.3. The van der Waals surface area contributed by atoms with E-state index in [0.29, 0.717) is 13.2 Å². The van der Waals surface area contributed by atoms with Crippen molar-refractivity contribution in [2.24, 2.45) is 0 Å². The van der Waals surface area contributed by atoms with E-state index < -0.39 is 9.53 Å². The summed E-state index contributed by atoms with van der Waals surface area (Å²) < 4.78 is 16.7. The van der Waals surface area contributed by atoms with Crippen LogP contribution in [0, 0.1) is 0 Å². The van der Waals surface area contributed by atoms with Crippen LogP contribution in [0.2, 0.25) is 0 Å². The maximum absolute atomic E-state index is 5.73. The molecule has 0 atom stereocenters. The molecular formula is C21H44O3Si. The first-order valence-corrected chi connectivity index (χ1v) is 12.2. The third-order valence-electron chi connectivity index (χ3n) is 4.41. The van der Waals surface area contributed by atoms with Crippen LogP contribution in [-0.2, 0) is 13.3 Å². The van der Waals surface area contributed by atoms with Gasteiger partial charge in [0.05, 0.1) is 0 Å². The maximum Gasteiger partial charge on any atom is 0.484 e. The van der Waals surface area contributed by atoms with Crippen molar-refractivity contribution in [1.82, 2.24) is 0 Å². The lowest BCUT2D eigenvalue weighted by Crippen LogP contribution is -2.27. The Morgan fingerprint density at radius 3 is 1.40 bits per heavy atom. The zero-order chi connectivity index (χ0) is 18.4. The average molecular weight is 373 g/mol. The van der Waals surface area contributed by atoms with Gasteiger partial charge >= 0.3 is 9.53 Å². The molecule has 0 bridgehead atoms. The topological polar surface area (TPSA) is 27.7 Å². The molecule has 0 aromatic carbocycles. The highest BCUT2D eigenvalue weighted by atomic mass is 28.3. The molecule has 0 aliphatic carbocycles. The largest absolute Gasteiger partial charge is 0.484 e. The van der Waals surface area contributed by atoms with E-state index in [2.05, 4.69) is 6.58 Å². The van der Waals surface area contributed by atoms with Crippen molar-refractivity contribution in [2.45, 2.75) is 104 Å². The van der Waals surface area contributed by atoms with Crippen LogP contribution >= 0.6 is 0 Å². The third-order valence-corrected chi connectivity index (χ3v) is 6.13. The van der Waals surface area contributed by atoms with Gasteiger partial charge in [0.15, 0.2) is 0 Å². The second kappa shape index (κ2) is 21.9. The molecule has 0 aliphatic rings. The highest BCUT2D eigenvalue weighted by molar-refractivity contribution is 6.36. The maximum atomic E-state index is 5.73.